The quantitative estimate of drug-likeness (QED) is 0.515. The van der Waals surface area contributed by atoms with Gasteiger partial charge in [-0.25, -0.2) is 0 Å². The molecule has 4 rings (SSSR count). The molecule has 0 spiro atoms. The number of nitrogens with zero attached hydrogens (tertiary/aromatic N) is 2. The van der Waals surface area contributed by atoms with Crippen molar-refractivity contribution < 1.29 is 29.9 Å². The van der Waals surface area contributed by atoms with Crippen molar-refractivity contribution in [2.75, 3.05) is 37.6 Å². The number of piperazine rings is 1. The van der Waals surface area contributed by atoms with Gasteiger partial charge in [0.2, 0.25) is 0 Å². The van der Waals surface area contributed by atoms with E-state index in [4.69, 9.17) is 9.47 Å². The number of benzene rings is 2. The molecule has 0 aliphatic carbocycles. The van der Waals surface area contributed by atoms with E-state index in [9.17, 15) is 20.4 Å². The Morgan fingerprint density at radius 3 is 2.16 bits per heavy atom. The summed E-state index contributed by atoms with van der Waals surface area (Å²) in [5.41, 5.74) is 2.25. The second-order valence-electron chi connectivity index (χ2n) is 8.09. The molecule has 2 aromatic rings. The first-order chi connectivity index (χ1) is 15.0. The topological polar surface area (TPSA) is 106 Å². The zero-order valence-electron chi connectivity index (χ0n) is 17.3. The summed E-state index contributed by atoms with van der Waals surface area (Å²) in [6.45, 7) is 4.04. The lowest BCUT2D eigenvalue weighted by molar-refractivity contribution is -0.283. The molecule has 5 atom stereocenters. The predicted molar refractivity (Wildman–Crippen MR) is 115 cm³/mol. The second-order valence-corrected chi connectivity index (χ2v) is 8.09. The minimum absolute atomic E-state index is 0.377. The fourth-order valence-electron chi connectivity index (χ4n) is 4.02. The minimum atomic E-state index is -1.50. The van der Waals surface area contributed by atoms with Crippen LogP contribution in [-0.2, 0) is 11.3 Å². The lowest BCUT2D eigenvalue weighted by Gasteiger charge is -2.42. The van der Waals surface area contributed by atoms with Gasteiger partial charge < -0.3 is 34.8 Å². The van der Waals surface area contributed by atoms with Crippen molar-refractivity contribution in [1.82, 2.24) is 4.90 Å². The largest absolute Gasteiger partial charge is 0.489 e. The summed E-state index contributed by atoms with van der Waals surface area (Å²) in [6, 6.07) is 18.1. The summed E-state index contributed by atoms with van der Waals surface area (Å²) in [4.78, 5) is 4.40. The molecule has 0 aromatic heterocycles. The van der Waals surface area contributed by atoms with Gasteiger partial charge in [0, 0.05) is 38.4 Å². The van der Waals surface area contributed by atoms with Crippen LogP contribution in [0.1, 0.15) is 5.56 Å². The van der Waals surface area contributed by atoms with Gasteiger partial charge in [-0.15, -0.1) is 0 Å². The van der Waals surface area contributed by atoms with E-state index in [1.807, 2.05) is 42.5 Å². The first-order valence-corrected chi connectivity index (χ1v) is 10.6. The van der Waals surface area contributed by atoms with Crippen LogP contribution < -0.4 is 9.64 Å². The predicted octanol–water partition coefficient (Wildman–Crippen LogP) is 0.187. The van der Waals surface area contributed by atoms with Gasteiger partial charge in [-0.2, -0.15) is 0 Å². The average Bonchev–Trinajstić information content (AvgIpc) is 2.81. The van der Waals surface area contributed by atoms with Crippen molar-refractivity contribution in [2.24, 2.45) is 0 Å². The molecule has 2 heterocycles. The van der Waals surface area contributed by atoms with Crippen molar-refractivity contribution in [1.29, 1.82) is 0 Å². The summed E-state index contributed by atoms with van der Waals surface area (Å²) < 4.78 is 11.1. The number of hydrogen-bond donors (Lipinski definition) is 4. The van der Waals surface area contributed by atoms with E-state index < -0.39 is 30.7 Å². The third-order valence-electron chi connectivity index (χ3n) is 5.95. The second kappa shape index (κ2) is 9.95. The Balaban J connectivity index is 1.25. The van der Waals surface area contributed by atoms with E-state index in [-0.39, 0.29) is 0 Å². The number of rotatable bonds is 6. The van der Waals surface area contributed by atoms with Gasteiger partial charge in [-0.3, -0.25) is 4.90 Å². The molecule has 2 fully saturated rings. The number of aliphatic hydroxyl groups excluding tert-OH is 4. The Bertz CT molecular complexity index is 813. The summed E-state index contributed by atoms with van der Waals surface area (Å²) in [5.74, 6) is 0.828. The van der Waals surface area contributed by atoms with E-state index >= 15 is 0 Å². The molecule has 168 valence electrons. The highest BCUT2D eigenvalue weighted by Gasteiger charge is 2.43. The van der Waals surface area contributed by atoms with E-state index in [1.165, 1.54) is 0 Å². The molecule has 0 bridgehead atoms. The Morgan fingerprint density at radius 1 is 0.806 bits per heavy atom. The normalized spacial score (nSPS) is 29.7. The summed E-state index contributed by atoms with van der Waals surface area (Å²) >= 11 is 0. The third kappa shape index (κ3) is 5.35. The van der Waals surface area contributed by atoms with Gasteiger partial charge in [0.1, 0.15) is 36.8 Å². The molecule has 0 radical (unpaired) electrons. The van der Waals surface area contributed by atoms with Gasteiger partial charge in [0.05, 0.1) is 0 Å². The average molecular weight is 431 g/mol. The molecule has 8 heteroatoms. The Labute approximate surface area is 181 Å². The standard InChI is InChI=1S/C23H30N2O6/c26-20-19(31-23(29)22(28)21(20)27)14-24-10-12-25(13-11-24)17-6-8-18(9-7-17)30-15-16-4-2-1-3-5-16/h1-9,19-23,26-29H,10-15H2/t19-,20?,21?,22?,23?/m1/s1. The van der Waals surface area contributed by atoms with E-state index in [0.717, 1.165) is 43.2 Å². The van der Waals surface area contributed by atoms with E-state index in [1.54, 1.807) is 0 Å². The minimum Gasteiger partial charge on any atom is -0.489 e. The molecule has 2 aliphatic rings. The van der Waals surface area contributed by atoms with Crippen molar-refractivity contribution >= 4 is 5.69 Å². The maximum atomic E-state index is 10.1. The third-order valence-corrected chi connectivity index (χ3v) is 5.95. The van der Waals surface area contributed by atoms with Crippen LogP contribution in [0.5, 0.6) is 5.75 Å². The Morgan fingerprint density at radius 2 is 1.48 bits per heavy atom. The molecule has 0 amide bonds. The summed E-state index contributed by atoms with van der Waals surface area (Å²) in [7, 11) is 0. The van der Waals surface area contributed by atoms with Crippen molar-refractivity contribution in [3.63, 3.8) is 0 Å². The highest BCUT2D eigenvalue weighted by atomic mass is 16.6. The molecule has 2 aromatic carbocycles. The fourth-order valence-corrected chi connectivity index (χ4v) is 4.02. The fraction of sp³-hybridized carbons (Fsp3) is 0.478. The van der Waals surface area contributed by atoms with Gasteiger partial charge in [-0.05, 0) is 29.8 Å². The van der Waals surface area contributed by atoms with Crippen molar-refractivity contribution in [3.05, 3.63) is 60.2 Å². The lowest BCUT2D eigenvalue weighted by Crippen LogP contribution is -2.61. The zero-order valence-corrected chi connectivity index (χ0v) is 17.3. The van der Waals surface area contributed by atoms with E-state index in [0.29, 0.717) is 13.2 Å². The molecule has 0 saturated carbocycles. The van der Waals surface area contributed by atoms with Crippen LogP contribution in [0, 0.1) is 0 Å². The van der Waals surface area contributed by atoms with Crippen molar-refractivity contribution in [2.45, 2.75) is 37.3 Å². The summed E-state index contributed by atoms with van der Waals surface area (Å²) in [5, 5.41) is 39.3. The monoisotopic (exact) mass is 430 g/mol. The van der Waals surface area contributed by atoms with Gasteiger partial charge in [-0.1, -0.05) is 30.3 Å². The summed E-state index contributed by atoms with van der Waals surface area (Å²) in [6.07, 6.45) is -6.39. The molecule has 8 nitrogen and oxygen atoms in total. The SMILES string of the molecule is OC1O[C@H](CN2CCN(c3ccc(OCc4ccccc4)cc3)CC2)C(O)C(O)C1O. The molecule has 4 unspecified atom stereocenters. The zero-order chi connectivity index (χ0) is 21.8. The molecule has 2 saturated heterocycles. The van der Waals surface area contributed by atoms with E-state index in [2.05, 4.69) is 21.9 Å². The number of ether oxygens (including phenoxy) is 2. The van der Waals surface area contributed by atoms with Crippen LogP contribution in [0.25, 0.3) is 0 Å². The number of anilines is 1. The molecular formula is C23H30N2O6. The Hall–Kier alpha value is -2.20. The van der Waals surface area contributed by atoms with Crippen LogP contribution in [-0.4, -0.2) is 88.8 Å². The van der Waals surface area contributed by atoms with Crippen LogP contribution in [0.4, 0.5) is 5.69 Å². The highest BCUT2D eigenvalue weighted by molar-refractivity contribution is 5.49. The molecule has 4 N–H and O–H groups in total. The maximum absolute atomic E-state index is 10.1. The molecular weight excluding hydrogens is 400 g/mol. The van der Waals surface area contributed by atoms with Gasteiger partial charge in [0.15, 0.2) is 6.29 Å². The van der Waals surface area contributed by atoms with Crippen LogP contribution in [0.2, 0.25) is 0 Å². The van der Waals surface area contributed by atoms with Crippen LogP contribution in [0.15, 0.2) is 54.6 Å². The molecule has 31 heavy (non-hydrogen) atoms. The smallest absolute Gasteiger partial charge is 0.184 e. The molecule has 2 aliphatic heterocycles. The number of aliphatic hydroxyl groups is 4. The van der Waals surface area contributed by atoms with Crippen LogP contribution in [0.3, 0.4) is 0 Å². The first kappa shape index (κ1) is 22.0. The van der Waals surface area contributed by atoms with Gasteiger partial charge >= 0.3 is 0 Å². The maximum Gasteiger partial charge on any atom is 0.184 e. The van der Waals surface area contributed by atoms with Crippen LogP contribution >= 0.6 is 0 Å². The number of hydrogen-bond acceptors (Lipinski definition) is 8. The first-order valence-electron chi connectivity index (χ1n) is 10.6. The van der Waals surface area contributed by atoms with Gasteiger partial charge in [0.25, 0.3) is 0 Å². The lowest BCUT2D eigenvalue weighted by atomic mass is 9.98. The Kier molecular flexibility index (Phi) is 7.06. The van der Waals surface area contributed by atoms with Crippen molar-refractivity contribution in [3.8, 4) is 5.75 Å². The highest BCUT2D eigenvalue weighted by Crippen LogP contribution is 2.24.